The normalized spacial score (nSPS) is 19.3. The molecule has 2 aliphatic rings. The number of aromatic nitrogens is 1. The van der Waals surface area contributed by atoms with E-state index in [2.05, 4.69) is 10.3 Å². The van der Waals surface area contributed by atoms with Gasteiger partial charge in [0.1, 0.15) is 11.8 Å². The highest BCUT2D eigenvalue weighted by Crippen LogP contribution is 2.34. The molecule has 0 radical (unpaired) electrons. The Kier molecular flexibility index (Phi) is 4.57. The molecule has 1 aliphatic carbocycles. The second-order valence-electron chi connectivity index (χ2n) is 7.24. The number of nitrogens with zero attached hydrogens (tertiary/aromatic N) is 1. The lowest BCUT2D eigenvalue weighted by molar-refractivity contribution is -0.149. The van der Waals surface area contributed by atoms with E-state index in [-0.39, 0.29) is 17.9 Å². The van der Waals surface area contributed by atoms with Crippen LogP contribution in [0.4, 0.5) is 0 Å². The molecule has 1 aliphatic heterocycles. The van der Waals surface area contributed by atoms with Crippen LogP contribution < -0.4 is 10.1 Å². The Morgan fingerprint density at radius 3 is 2.77 bits per heavy atom. The number of β-lactam (4-membered cyclic amide) rings is 1. The third-order valence-corrected chi connectivity index (χ3v) is 5.61. The van der Waals surface area contributed by atoms with Crippen LogP contribution in [0.2, 0.25) is 0 Å². The first-order valence-corrected chi connectivity index (χ1v) is 9.42. The lowest BCUT2D eigenvalue weighted by Crippen LogP contribution is -2.52. The van der Waals surface area contributed by atoms with Crippen molar-refractivity contribution in [3.63, 3.8) is 0 Å². The molecule has 2 amide bonds. The number of carbonyl (C=O) groups excluding carboxylic acids is 2. The number of likely N-dealkylation sites (tertiary alicyclic amines) is 1. The van der Waals surface area contributed by atoms with Gasteiger partial charge in [0.15, 0.2) is 0 Å². The van der Waals surface area contributed by atoms with E-state index in [1.165, 1.54) is 6.42 Å². The van der Waals surface area contributed by atoms with Gasteiger partial charge in [0.05, 0.1) is 7.11 Å². The summed E-state index contributed by atoms with van der Waals surface area (Å²) in [5.41, 5.74) is 1.77. The standard InChI is InChI=1S/C20H25N3O3/c1-26-14-7-8-17-15(11-14)16(12-21-17)19(23-10-9-18(23)24)20(25)22-13-5-3-2-4-6-13/h7-8,11-13,19,21H,2-6,9-10H2,1H3,(H,22,25). The van der Waals surface area contributed by atoms with Crippen molar-refractivity contribution in [2.45, 2.75) is 50.6 Å². The predicted octanol–water partition coefficient (Wildman–Crippen LogP) is 2.90. The van der Waals surface area contributed by atoms with E-state index >= 15 is 0 Å². The molecule has 2 N–H and O–H groups in total. The maximum atomic E-state index is 13.1. The number of carbonyl (C=O) groups is 2. The second kappa shape index (κ2) is 7.02. The first-order chi connectivity index (χ1) is 12.7. The topological polar surface area (TPSA) is 74.4 Å². The fourth-order valence-electron chi connectivity index (χ4n) is 4.06. The zero-order valence-corrected chi connectivity index (χ0v) is 15.1. The number of amides is 2. The zero-order chi connectivity index (χ0) is 18.1. The Bertz CT molecular complexity index is 823. The van der Waals surface area contributed by atoms with E-state index in [1.807, 2.05) is 24.4 Å². The van der Waals surface area contributed by atoms with Gasteiger partial charge >= 0.3 is 0 Å². The number of benzene rings is 1. The van der Waals surface area contributed by atoms with Crippen molar-refractivity contribution < 1.29 is 14.3 Å². The Labute approximate surface area is 152 Å². The molecular formula is C20H25N3O3. The first kappa shape index (κ1) is 16.9. The summed E-state index contributed by atoms with van der Waals surface area (Å²) < 4.78 is 5.34. The predicted molar refractivity (Wildman–Crippen MR) is 98.9 cm³/mol. The Morgan fingerprint density at radius 2 is 2.12 bits per heavy atom. The monoisotopic (exact) mass is 355 g/mol. The first-order valence-electron chi connectivity index (χ1n) is 9.42. The maximum Gasteiger partial charge on any atom is 0.247 e. The van der Waals surface area contributed by atoms with Crippen LogP contribution in [0.25, 0.3) is 10.9 Å². The summed E-state index contributed by atoms with van der Waals surface area (Å²) in [6, 6.07) is 5.38. The molecule has 26 heavy (non-hydrogen) atoms. The van der Waals surface area contributed by atoms with Crippen LogP contribution in [-0.2, 0) is 9.59 Å². The summed E-state index contributed by atoms with van der Waals surface area (Å²) in [4.78, 5) is 30.2. The molecule has 2 aromatic rings. The number of methoxy groups -OCH3 is 1. The van der Waals surface area contributed by atoms with Crippen molar-refractivity contribution >= 4 is 22.7 Å². The van der Waals surface area contributed by atoms with E-state index in [1.54, 1.807) is 12.0 Å². The number of ether oxygens (including phenoxy) is 1. The molecule has 1 unspecified atom stereocenters. The van der Waals surface area contributed by atoms with Crippen molar-refractivity contribution in [2.75, 3.05) is 13.7 Å². The van der Waals surface area contributed by atoms with Crippen molar-refractivity contribution in [3.8, 4) is 5.75 Å². The van der Waals surface area contributed by atoms with Gasteiger partial charge in [0, 0.05) is 41.7 Å². The van der Waals surface area contributed by atoms with Gasteiger partial charge < -0.3 is 19.9 Å². The smallest absolute Gasteiger partial charge is 0.247 e. The molecule has 0 bridgehead atoms. The van der Waals surface area contributed by atoms with Crippen LogP contribution in [0.15, 0.2) is 24.4 Å². The van der Waals surface area contributed by atoms with Gasteiger partial charge in [0.25, 0.3) is 0 Å². The fourth-order valence-corrected chi connectivity index (χ4v) is 4.06. The zero-order valence-electron chi connectivity index (χ0n) is 15.1. The van der Waals surface area contributed by atoms with E-state index in [0.717, 1.165) is 47.9 Å². The molecule has 4 rings (SSSR count). The minimum Gasteiger partial charge on any atom is -0.497 e. The molecule has 1 aromatic carbocycles. The van der Waals surface area contributed by atoms with Crippen LogP contribution in [0, 0.1) is 0 Å². The average molecular weight is 355 g/mol. The lowest BCUT2D eigenvalue weighted by Gasteiger charge is -2.38. The molecule has 2 fully saturated rings. The summed E-state index contributed by atoms with van der Waals surface area (Å²) in [6.45, 7) is 0.623. The van der Waals surface area contributed by atoms with Crippen molar-refractivity contribution in [3.05, 3.63) is 30.0 Å². The Morgan fingerprint density at radius 1 is 1.31 bits per heavy atom. The summed E-state index contributed by atoms with van der Waals surface area (Å²) >= 11 is 0. The van der Waals surface area contributed by atoms with Gasteiger partial charge in [-0.15, -0.1) is 0 Å². The van der Waals surface area contributed by atoms with Crippen LogP contribution in [0.3, 0.4) is 0 Å². The third-order valence-electron chi connectivity index (χ3n) is 5.61. The molecule has 6 nitrogen and oxygen atoms in total. The minimum absolute atomic E-state index is 0.0334. The van der Waals surface area contributed by atoms with Gasteiger partial charge in [-0.3, -0.25) is 9.59 Å². The summed E-state index contributed by atoms with van der Waals surface area (Å²) in [6.07, 6.45) is 7.95. The number of fused-ring (bicyclic) bond motifs is 1. The van der Waals surface area contributed by atoms with E-state index in [0.29, 0.717) is 13.0 Å². The summed E-state index contributed by atoms with van der Waals surface area (Å²) in [5, 5.41) is 4.12. The number of rotatable bonds is 5. The SMILES string of the molecule is COc1ccc2[nH]cc(C(C(=O)NC3CCCCC3)N3CCC3=O)c2c1. The van der Waals surface area contributed by atoms with Gasteiger partial charge in [-0.05, 0) is 31.0 Å². The largest absolute Gasteiger partial charge is 0.497 e. The van der Waals surface area contributed by atoms with E-state index < -0.39 is 6.04 Å². The van der Waals surface area contributed by atoms with Crippen LogP contribution in [0.5, 0.6) is 5.75 Å². The molecule has 1 saturated carbocycles. The van der Waals surface area contributed by atoms with Gasteiger partial charge in [-0.1, -0.05) is 19.3 Å². The highest BCUT2D eigenvalue weighted by atomic mass is 16.5. The number of hydrogen-bond acceptors (Lipinski definition) is 3. The number of aromatic amines is 1. The maximum absolute atomic E-state index is 13.1. The van der Waals surface area contributed by atoms with Crippen molar-refractivity contribution in [1.29, 1.82) is 0 Å². The van der Waals surface area contributed by atoms with Crippen molar-refractivity contribution in [1.82, 2.24) is 15.2 Å². The highest BCUT2D eigenvalue weighted by molar-refractivity contribution is 5.96. The van der Waals surface area contributed by atoms with Crippen LogP contribution >= 0.6 is 0 Å². The Hall–Kier alpha value is -2.50. The van der Waals surface area contributed by atoms with E-state index in [4.69, 9.17) is 4.74 Å². The van der Waals surface area contributed by atoms with Crippen LogP contribution in [0.1, 0.15) is 50.1 Å². The second-order valence-corrected chi connectivity index (χ2v) is 7.24. The molecule has 2 heterocycles. The quantitative estimate of drug-likeness (QED) is 0.810. The van der Waals surface area contributed by atoms with Gasteiger partial charge in [-0.2, -0.15) is 0 Å². The number of H-pyrrole nitrogens is 1. The summed E-state index contributed by atoms with van der Waals surface area (Å²) in [7, 11) is 1.62. The molecule has 6 heteroatoms. The number of hydrogen-bond donors (Lipinski definition) is 2. The average Bonchev–Trinajstić information content (AvgIpc) is 3.08. The lowest BCUT2D eigenvalue weighted by atomic mass is 9.94. The molecule has 1 aromatic heterocycles. The molecule has 1 saturated heterocycles. The number of nitrogens with one attached hydrogen (secondary N) is 2. The fraction of sp³-hybridized carbons (Fsp3) is 0.500. The van der Waals surface area contributed by atoms with Crippen LogP contribution in [-0.4, -0.2) is 41.4 Å². The third kappa shape index (κ3) is 3.04. The highest BCUT2D eigenvalue weighted by Gasteiger charge is 2.38. The molecule has 0 spiro atoms. The van der Waals surface area contributed by atoms with Gasteiger partial charge in [0.2, 0.25) is 11.8 Å². The van der Waals surface area contributed by atoms with Gasteiger partial charge in [-0.25, -0.2) is 0 Å². The minimum atomic E-state index is -0.584. The Balaban J connectivity index is 1.67. The van der Waals surface area contributed by atoms with E-state index in [9.17, 15) is 9.59 Å². The molecular weight excluding hydrogens is 330 g/mol. The van der Waals surface area contributed by atoms with Crippen molar-refractivity contribution in [2.24, 2.45) is 0 Å². The molecule has 138 valence electrons. The summed E-state index contributed by atoms with van der Waals surface area (Å²) in [5.74, 6) is 0.694. The molecule has 1 atom stereocenters.